The van der Waals surface area contributed by atoms with Gasteiger partial charge in [0, 0.05) is 11.8 Å². The van der Waals surface area contributed by atoms with Crippen molar-refractivity contribution in [2.24, 2.45) is 0 Å². The van der Waals surface area contributed by atoms with E-state index in [-0.39, 0.29) is 11.1 Å². The van der Waals surface area contributed by atoms with Gasteiger partial charge >= 0.3 is 0 Å². The Hall–Kier alpha value is -3.20. The highest BCUT2D eigenvalue weighted by Gasteiger charge is 2.11. The van der Waals surface area contributed by atoms with Crippen LogP contribution in [0.4, 0.5) is 14.5 Å². The SMILES string of the molecule is COc1cccc(NC(=O)/C(C#N)=C/c2ccc(F)c(F)c2)c1. The Kier molecular flexibility index (Phi) is 5.05. The third-order valence-electron chi connectivity index (χ3n) is 2.95. The minimum atomic E-state index is -1.05. The maximum absolute atomic E-state index is 13.2. The van der Waals surface area contributed by atoms with E-state index in [2.05, 4.69) is 5.32 Å². The molecule has 0 heterocycles. The second-order valence-corrected chi connectivity index (χ2v) is 4.53. The van der Waals surface area contributed by atoms with Crippen LogP contribution in [0, 0.1) is 23.0 Å². The van der Waals surface area contributed by atoms with Crippen LogP contribution < -0.4 is 10.1 Å². The van der Waals surface area contributed by atoms with Gasteiger partial charge in [-0.05, 0) is 35.9 Å². The number of nitrogens with one attached hydrogen (secondary N) is 1. The fraction of sp³-hybridized carbons (Fsp3) is 0.0588. The van der Waals surface area contributed by atoms with Gasteiger partial charge in [0.15, 0.2) is 11.6 Å². The van der Waals surface area contributed by atoms with Crippen LogP contribution in [0.15, 0.2) is 48.0 Å². The first-order chi connectivity index (χ1) is 11.0. The molecule has 0 aliphatic rings. The molecule has 23 heavy (non-hydrogen) atoms. The number of anilines is 1. The van der Waals surface area contributed by atoms with Crippen LogP contribution in [0.2, 0.25) is 0 Å². The summed E-state index contributed by atoms with van der Waals surface area (Å²) in [5, 5.41) is 11.6. The molecule has 0 aromatic heterocycles. The number of ether oxygens (including phenoxy) is 1. The highest BCUT2D eigenvalue weighted by atomic mass is 19.2. The number of hydrogen-bond acceptors (Lipinski definition) is 3. The number of nitrogens with zero attached hydrogens (tertiary/aromatic N) is 1. The molecule has 2 rings (SSSR count). The summed E-state index contributed by atoms with van der Waals surface area (Å²) in [4.78, 5) is 12.1. The van der Waals surface area contributed by atoms with Gasteiger partial charge in [-0.3, -0.25) is 4.79 Å². The number of benzene rings is 2. The van der Waals surface area contributed by atoms with Crippen molar-refractivity contribution in [1.29, 1.82) is 5.26 Å². The average Bonchev–Trinajstić information content (AvgIpc) is 2.55. The van der Waals surface area contributed by atoms with Gasteiger partial charge in [-0.15, -0.1) is 0 Å². The van der Waals surface area contributed by atoms with Crippen LogP contribution in [0.25, 0.3) is 6.08 Å². The van der Waals surface area contributed by atoms with Crippen molar-refractivity contribution < 1.29 is 18.3 Å². The number of hydrogen-bond donors (Lipinski definition) is 1. The molecule has 0 saturated carbocycles. The molecule has 0 bridgehead atoms. The number of amides is 1. The van der Waals surface area contributed by atoms with Crippen molar-refractivity contribution in [2.75, 3.05) is 12.4 Å². The molecular weight excluding hydrogens is 302 g/mol. The molecule has 2 aromatic carbocycles. The smallest absolute Gasteiger partial charge is 0.266 e. The fourth-order valence-electron chi connectivity index (χ4n) is 1.82. The molecular formula is C17H12F2N2O2. The Morgan fingerprint density at radius 2 is 2.00 bits per heavy atom. The zero-order valence-electron chi connectivity index (χ0n) is 12.1. The predicted molar refractivity (Wildman–Crippen MR) is 81.6 cm³/mol. The van der Waals surface area contributed by atoms with E-state index < -0.39 is 17.5 Å². The first-order valence-electron chi connectivity index (χ1n) is 6.55. The van der Waals surface area contributed by atoms with E-state index in [0.29, 0.717) is 11.4 Å². The number of halogens is 2. The second kappa shape index (κ2) is 7.18. The van der Waals surface area contributed by atoms with Crippen LogP contribution in [-0.2, 0) is 4.79 Å². The highest BCUT2D eigenvalue weighted by molar-refractivity contribution is 6.09. The van der Waals surface area contributed by atoms with Crippen LogP contribution in [-0.4, -0.2) is 13.0 Å². The molecule has 0 saturated heterocycles. The maximum Gasteiger partial charge on any atom is 0.266 e. The van der Waals surface area contributed by atoms with Crippen LogP contribution in [0.3, 0.4) is 0 Å². The zero-order chi connectivity index (χ0) is 16.8. The fourth-order valence-corrected chi connectivity index (χ4v) is 1.82. The lowest BCUT2D eigenvalue weighted by atomic mass is 10.1. The summed E-state index contributed by atoms with van der Waals surface area (Å²) >= 11 is 0. The van der Waals surface area contributed by atoms with Gasteiger partial charge in [0.05, 0.1) is 7.11 Å². The lowest BCUT2D eigenvalue weighted by Crippen LogP contribution is -2.13. The van der Waals surface area contributed by atoms with E-state index in [1.165, 1.54) is 19.3 Å². The molecule has 6 heteroatoms. The van der Waals surface area contributed by atoms with E-state index in [1.807, 2.05) is 0 Å². The predicted octanol–water partition coefficient (Wildman–Crippen LogP) is 3.52. The summed E-state index contributed by atoms with van der Waals surface area (Å²) in [7, 11) is 1.49. The van der Waals surface area contributed by atoms with Gasteiger partial charge in [0.25, 0.3) is 5.91 Å². The molecule has 2 aromatic rings. The summed E-state index contributed by atoms with van der Waals surface area (Å²) in [6, 6.07) is 11.4. The van der Waals surface area contributed by atoms with E-state index in [9.17, 15) is 13.6 Å². The Labute approximate surface area is 131 Å². The zero-order valence-corrected chi connectivity index (χ0v) is 12.1. The molecule has 0 aliphatic carbocycles. The minimum absolute atomic E-state index is 0.209. The monoisotopic (exact) mass is 314 g/mol. The molecule has 0 fully saturated rings. The summed E-state index contributed by atoms with van der Waals surface area (Å²) in [6.45, 7) is 0. The van der Waals surface area contributed by atoms with E-state index >= 15 is 0 Å². The number of nitriles is 1. The van der Waals surface area contributed by atoms with E-state index in [0.717, 1.165) is 12.1 Å². The van der Waals surface area contributed by atoms with Crippen molar-refractivity contribution in [3.8, 4) is 11.8 Å². The van der Waals surface area contributed by atoms with E-state index in [4.69, 9.17) is 10.00 Å². The molecule has 1 amide bonds. The first-order valence-corrected chi connectivity index (χ1v) is 6.55. The van der Waals surface area contributed by atoms with Gasteiger partial charge in [-0.2, -0.15) is 5.26 Å². The Morgan fingerprint density at radius 1 is 1.22 bits per heavy atom. The molecule has 1 N–H and O–H groups in total. The van der Waals surface area contributed by atoms with E-state index in [1.54, 1.807) is 30.3 Å². The molecule has 0 unspecified atom stereocenters. The molecule has 116 valence electrons. The molecule has 0 atom stereocenters. The first kappa shape index (κ1) is 16.2. The number of rotatable bonds is 4. The average molecular weight is 314 g/mol. The highest BCUT2D eigenvalue weighted by Crippen LogP contribution is 2.18. The summed E-state index contributed by atoms with van der Waals surface area (Å²) < 4.78 is 31.1. The van der Waals surface area contributed by atoms with Crippen molar-refractivity contribution in [2.45, 2.75) is 0 Å². The Balaban J connectivity index is 2.22. The standard InChI is InChI=1S/C17H12F2N2O2/c1-23-14-4-2-3-13(9-14)21-17(22)12(10-20)7-11-5-6-15(18)16(19)8-11/h2-9H,1H3,(H,21,22)/b12-7+. The third kappa shape index (κ3) is 4.14. The van der Waals surface area contributed by atoms with Crippen LogP contribution in [0.1, 0.15) is 5.56 Å². The summed E-state index contributed by atoms with van der Waals surface area (Å²) in [5.41, 5.74) is 0.417. The minimum Gasteiger partial charge on any atom is -0.497 e. The Morgan fingerprint density at radius 3 is 2.65 bits per heavy atom. The van der Waals surface area contributed by atoms with Crippen LogP contribution in [0.5, 0.6) is 5.75 Å². The van der Waals surface area contributed by atoms with Crippen molar-refractivity contribution >= 4 is 17.7 Å². The molecule has 0 aliphatic heterocycles. The summed E-state index contributed by atoms with van der Waals surface area (Å²) in [5.74, 6) is -2.16. The third-order valence-corrected chi connectivity index (χ3v) is 2.95. The number of carbonyl (C=O) groups is 1. The lowest BCUT2D eigenvalue weighted by molar-refractivity contribution is -0.112. The van der Waals surface area contributed by atoms with Crippen molar-refractivity contribution in [3.05, 3.63) is 65.2 Å². The lowest BCUT2D eigenvalue weighted by Gasteiger charge is -2.06. The quantitative estimate of drug-likeness (QED) is 0.694. The van der Waals surface area contributed by atoms with Crippen molar-refractivity contribution in [3.63, 3.8) is 0 Å². The molecule has 0 radical (unpaired) electrons. The molecule has 4 nitrogen and oxygen atoms in total. The molecule has 0 spiro atoms. The van der Waals surface area contributed by atoms with Gasteiger partial charge < -0.3 is 10.1 Å². The van der Waals surface area contributed by atoms with Crippen LogP contribution >= 0.6 is 0 Å². The van der Waals surface area contributed by atoms with Crippen molar-refractivity contribution in [1.82, 2.24) is 0 Å². The summed E-state index contributed by atoms with van der Waals surface area (Å²) in [6.07, 6.45) is 1.18. The van der Waals surface area contributed by atoms with Gasteiger partial charge in [-0.1, -0.05) is 12.1 Å². The normalized spacial score (nSPS) is 10.8. The maximum atomic E-state index is 13.2. The Bertz CT molecular complexity index is 810. The number of methoxy groups -OCH3 is 1. The van der Waals surface area contributed by atoms with Gasteiger partial charge in [0.2, 0.25) is 0 Å². The van der Waals surface area contributed by atoms with Gasteiger partial charge in [-0.25, -0.2) is 8.78 Å². The topological polar surface area (TPSA) is 62.1 Å². The van der Waals surface area contributed by atoms with Gasteiger partial charge in [0.1, 0.15) is 17.4 Å². The second-order valence-electron chi connectivity index (χ2n) is 4.53. The number of carbonyl (C=O) groups excluding carboxylic acids is 1. The largest absolute Gasteiger partial charge is 0.497 e.